The molecule has 0 spiro atoms. The molecule has 0 saturated carbocycles. The van der Waals surface area contributed by atoms with Crippen LogP contribution in [0.3, 0.4) is 0 Å². The zero-order chi connectivity index (χ0) is 17.1. The Bertz CT molecular complexity index is 872. The number of carbonyl (C=O) groups is 1. The first kappa shape index (κ1) is 15.8. The number of nitrogens with one attached hydrogen (secondary N) is 2. The van der Waals surface area contributed by atoms with Crippen LogP contribution in [0.1, 0.15) is 28.4 Å². The number of carbonyl (C=O) groups excluding carboxylic acids is 1. The lowest BCUT2D eigenvalue weighted by Gasteiger charge is -2.25. The van der Waals surface area contributed by atoms with Gasteiger partial charge in [-0.25, -0.2) is 0 Å². The van der Waals surface area contributed by atoms with Crippen molar-refractivity contribution in [1.82, 2.24) is 15.6 Å². The van der Waals surface area contributed by atoms with Crippen molar-refractivity contribution in [1.29, 1.82) is 0 Å². The van der Waals surface area contributed by atoms with E-state index in [-0.39, 0.29) is 11.9 Å². The average Bonchev–Trinajstić information content (AvgIpc) is 3.20. The van der Waals surface area contributed by atoms with Gasteiger partial charge in [-0.1, -0.05) is 36.4 Å². The van der Waals surface area contributed by atoms with Crippen LogP contribution < -0.4 is 10.6 Å². The van der Waals surface area contributed by atoms with Crippen LogP contribution in [0.25, 0.3) is 10.8 Å². The second-order valence-corrected chi connectivity index (χ2v) is 6.55. The summed E-state index contributed by atoms with van der Waals surface area (Å²) < 4.78 is 0. The van der Waals surface area contributed by atoms with Crippen LogP contribution in [0.5, 0.6) is 0 Å². The molecule has 1 amide bonds. The summed E-state index contributed by atoms with van der Waals surface area (Å²) in [6.45, 7) is 1.94. The van der Waals surface area contributed by atoms with Crippen LogP contribution in [-0.2, 0) is 0 Å². The lowest BCUT2D eigenvalue weighted by molar-refractivity contribution is 0.0924. The molecule has 2 atom stereocenters. The predicted octanol–water partition coefficient (Wildman–Crippen LogP) is 3.32. The Morgan fingerprint density at radius 1 is 1.12 bits per heavy atom. The third-order valence-corrected chi connectivity index (χ3v) is 4.92. The zero-order valence-corrected chi connectivity index (χ0v) is 14.0. The Balaban J connectivity index is 1.61. The van der Waals surface area contributed by atoms with Crippen molar-refractivity contribution in [3.8, 4) is 0 Å². The highest BCUT2D eigenvalue weighted by Gasteiger charge is 2.27. The lowest BCUT2D eigenvalue weighted by Crippen LogP contribution is -2.34. The first-order chi connectivity index (χ1) is 12.3. The van der Waals surface area contributed by atoms with Gasteiger partial charge in [-0.2, -0.15) is 0 Å². The summed E-state index contributed by atoms with van der Waals surface area (Å²) in [7, 11) is 0. The molecule has 1 unspecified atom stereocenters. The molecule has 4 rings (SSSR count). The van der Waals surface area contributed by atoms with Crippen LogP contribution >= 0.6 is 0 Å². The summed E-state index contributed by atoms with van der Waals surface area (Å²) in [5.74, 6) is 0.385. The highest BCUT2D eigenvalue weighted by molar-refractivity contribution is 5.98. The maximum atomic E-state index is 12.9. The van der Waals surface area contributed by atoms with E-state index >= 15 is 0 Å². The Labute approximate surface area is 147 Å². The summed E-state index contributed by atoms with van der Waals surface area (Å²) in [6, 6.07) is 18.0. The summed E-state index contributed by atoms with van der Waals surface area (Å²) in [6.07, 6.45) is 4.64. The Morgan fingerprint density at radius 3 is 2.80 bits per heavy atom. The second-order valence-electron chi connectivity index (χ2n) is 6.55. The van der Waals surface area contributed by atoms with Gasteiger partial charge in [0.05, 0.1) is 6.04 Å². The molecule has 1 fully saturated rings. The quantitative estimate of drug-likeness (QED) is 0.771. The van der Waals surface area contributed by atoms with E-state index in [0.717, 1.165) is 35.8 Å². The molecule has 25 heavy (non-hydrogen) atoms. The van der Waals surface area contributed by atoms with E-state index in [1.165, 1.54) is 0 Å². The molecular weight excluding hydrogens is 310 g/mol. The van der Waals surface area contributed by atoms with Gasteiger partial charge in [0.25, 0.3) is 5.91 Å². The van der Waals surface area contributed by atoms with Crippen LogP contribution in [-0.4, -0.2) is 24.0 Å². The number of rotatable bonds is 4. The fraction of sp³-hybridized carbons (Fsp3) is 0.238. The molecule has 1 saturated heterocycles. The predicted molar refractivity (Wildman–Crippen MR) is 99.4 cm³/mol. The maximum Gasteiger partial charge on any atom is 0.251 e. The van der Waals surface area contributed by atoms with Crippen molar-refractivity contribution in [2.24, 2.45) is 5.92 Å². The Morgan fingerprint density at radius 2 is 2.00 bits per heavy atom. The first-order valence-corrected chi connectivity index (χ1v) is 8.71. The van der Waals surface area contributed by atoms with Crippen molar-refractivity contribution in [3.05, 3.63) is 78.1 Å². The smallest absolute Gasteiger partial charge is 0.251 e. The summed E-state index contributed by atoms with van der Waals surface area (Å²) in [5.41, 5.74) is 1.85. The average molecular weight is 331 g/mol. The fourth-order valence-electron chi connectivity index (χ4n) is 3.54. The van der Waals surface area contributed by atoms with Gasteiger partial charge >= 0.3 is 0 Å². The third-order valence-electron chi connectivity index (χ3n) is 4.92. The van der Waals surface area contributed by atoms with Crippen molar-refractivity contribution in [3.63, 3.8) is 0 Å². The topological polar surface area (TPSA) is 54.0 Å². The maximum absolute atomic E-state index is 12.9. The van der Waals surface area contributed by atoms with Crippen molar-refractivity contribution in [2.45, 2.75) is 12.5 Å². The van der Waals surface area contributed by atoms with Gasteiger partial charge in [-0.05, 0) is 48.0 Å². The highest BCUT2D eigenvalue weighted by Crippen LogP contribution is 2.27. The number of fused-ring (bicyclic) bond motifs is 1. The molecule has 1 aliphatic heterocycles. The number of hydrogen-bond donors (Lipinski definition) is 2. The molecule has 2 aromatic carbocycles. The molecule has 1 aromatic heterocycles. The summed E-state index contributed by atoms with van der Waals surface area (Å²) in [4.78, 5) is 17.0. The van der Waals surface area contributed by atoms with Gasteiger partial charge in [0.15, 0.2) is 0 Å². The van der Waals surface area contributed by atoms with Gasteiger partial charge in [0, 0.05) is 29.9 Å². The molecule has 2 N–H and O–H groups in total. The highest BCUT2D eigenvalue weighted by atomic mass is 16.1. The minimum Gasteiger partial charge on any atom is -0.345 e. The molecule has 126 valence electrons. The largest absolute Gasteiger partial charge is 0.345 e. The molecule has 4 nitrogen and oxygen atoms in total. The van der Waals surface area contributed by atoms with Gasteiger partial charge < -0.3 is 10.6 Å². The Kier molecular flexibility index (Phi) is 4.44. The second kappa shape index (κ2) is 7.03. The first-order valence-electron chi connectivity index (χ1n) is 8.71. The van der Waals surface area contributed by atoms with Crippen molar-refractivity contribution >= 4 is 16.7 Å². The van der Waals surface area contributed by atoms with E-state index in [2.05, 4.69) is 27.8 Å². The van der Waals surface area contributed by atoms with Crippen LogP contribution in [0, 0.1) is 5.92 Å². The molecular formula is C21H21N3O. The summed E-state index contributed by atoms with van der Waals surface area (Å²) >= 11 is 0. The summed E-state index contributed by atoms with van der Waals surface area (Å²) in [5, 5.41) is 8.73. The molecule has 3 aromatic rings. The van der Waals surface area contributed by atoms with E-state index in [1.807, 2.05) is 48.7 Å². The number of nitrogens with zero attached hydrogens (tertiary/aromatic N) is 1. The van der Waals surface area contributed by atoms with E-state index in [1.54, 1.807) is 6.20 Å². The molecule has 0 radical (unpaired) electrons. The van der Waals surface area contributed by atoms with E-state index < -0.39 is 0 Å². The number of amides is 1. The van der Waals surface area contributed by atoms with E-state index in [9.17, 15) is 4.79 Å². The van der Waals surface area contributed by atoms with Gasteiger partial charge in [0.1, 0.15) is 0 Å². The van der Waals surface area contributed by atoms with E-state index in [4.69, 9.17) is 0 Å². The SMILES string of the molecule is O=C(N[C@@H](c1ccccc1)C1CCNC1)c1ccc2cnccc2c1. The normalized spacial score (nSPS) is 18.2. The van der Waals surface area contributed by atoms with Gasteiger partial charge in [-0.3, -0.25) is 9.78 Å². The zero-order valence-electron chi connectivity index (χ0n) is 14.0. The van der Waals surface area contributed by atoms with Crippen LogP contribution in [0.4, 0.5) is 0 Å². The standard InChI is InChI=1S/C21H21N3O/c25-21(17-6-7-18-13-22-10-8-16(18)12-17)24-20(19-9-11-23-14-19)15-4-2-1-3-5-15/h1-8,10,12-13,19-20,23H,9,11,14H2,(H,24,25)/t19?,20-/m0/s1. The van der Waals surface area contributed by atoms with Gasteiger partial charge in [0.2, 0.25) is 0 Å². The molecule has 2 heterocycles. The van der Waals surface area contributed by atoms with Gasteiger partial charge in [-0.15, -0.1) is 0 Å². The van der Waals surface area contributed by atoms with E-state index in [0.29, 0.717) is 11.5 Å². The molecule has 0 aliphatic carbocycles. The van der Waals surface area contributed by atoms with Crippen molar-refractivity contribution < 1.29 is 4.79 Å². The lowest BCUT2D eigenvalue weighted by atomic mass is 9.92. The minimum atomic E-state index is -0.0283. The Hall–Kier alpha value is -2.72. The molecule has 1 aliphatic rings. The van der Waals surface area contributed by atoms with Crippen LogP contribution in [0.15, 0.2) is 67.0 Å². The van der Waals surface area contributed by atoms with Crippen LogP contribution in [0.2, 0.25) is 0 Å². The number of benzene rings is 2. The third kappa shape index (κ3) is 3.39. The minimum absolute atomic E-state index is 0.0248. The fourth-order valence-corrected chi connectivity index (χ4v) is 3.54. The number of pyridine rings is 1. The van der Waals surface area contributed by atoms with Crippen molar-refractivity contribution in [2.75, 3.05) is 13.1 Å². The molecule has 0 bridgehead atoms. The monoisotopic (exact) mass is 331 g/mol. The molecule has 4 heteroatoms. The number of hydrogen-bond acceptors (Lipinski definition) is 3. The number of aromatic nitrogens is 1.